The number of carbonyl (C=O) groups is 1. The molecule has 1 aliphatic heterocycles. The first-order valence-electron chi connectivity index (χ1n) is 8.54. The van der Waals surface area contributed by atoms with Crippen LogP contribution in [0.25, 0.3) is 0 Å². The van der Waals surface area contributed by atoms with Crippen LogP contribution in [0.2, 0.25) is 0 Å². The van der Waals surface area contributed by atoms with Crippen molar-refractivity contribution in [2.24, 2.45) is 0 Å². The first-order chi connectivity index (χ1) is 12.1. The van der Waals surface area contributed by atoms with Gasteiger partial charge in [-0.3, -0.25) is 4.79 Å². The SMILES string of the molecule is O=C1CC(c2cccc(OC(F)F)c2)c2cnn(C3CCCC3)c2N1. The van der Waals surface area contributed by atoms with Crippen molar-refractivity contribution in [1.82, 2.24) is 9.78 Å². The topological polar surface area (TPSA) is 56.1 Å². The third kappa shape index (κ3) is 3.10. The number of amides is 1. The van der Waals surface area contributed by atoms with Crippen molar-refractivity contribution in [2.75, 3.05) is 5.32 Å². The third-order valence-corrected chi connectivity index (χ3v) is 5.00. The summed E-state index contributed by atoms with van der Waals surface area (Å²) >= 11 is 0. The molecular weight excluding hydrogens is 328 g/mol. The summed E-state index contributed by atoms with van der Waals surface area (Å²) < 4.78 is 31.4. The van der Waals surface area contributed by atoms with Gasteiger partial charge in [0.1, 0.15) is 11.6 Å². The van der Waals surface area contributed by atoms with E-state index in [1.807, 2.05) is 10.7 Å². The number of hydrogen-bond acceptors (Lipinski definition) is 3. The molecule has 132 valence electrons. The zero-order chi connectivity index (χ0) is 17.4. The summed E-state index contributed by atoms with van der Waals surface area (Å²) in [6.07, 6.45) is 6.52. The maximum absolute atomic E-state index is 12.5. The minimum absolute atomic E-state index is 0.0857. The summed E-state index contributed by atoms with van der Waals surface area (Å²) in [4.78, 5) is 12.2. The van der Waals surface area contributed by atoms with Crippen LogP contribution in [0.1, 0.15) is 55.2 Å². The summed E-state index contributed by atoms with van der Waals surface area (Å²) in [7, 11) is 0. The molecule has 0 bridgehead atoms. The molecule has 2 aromatic rings. The van der Waals surface area contributed by atoms with Crippen molar-refractivity contribution in [3.63, 3.8) is 0 Å². The molecule has 1 fully saturated rings. The van der Waals surface area contributed by atoms with E-state index in [0.29, 0.717) is 6.04 Å². The van der Waals surface area contributed by atoms with E-state index in [0.717, 1.165) is 29.8 Å². The molecule has 0 spiro atoms. The Bertz CT molecular complexity index is 784. The second-order valence-corrected chi connectivity index (χ2v) is 6.59. The molecule has 1 aromatic heterocycles. The molecule has 0 radical (unpaired) electrons. The van der Waals surface area contributed by atoms with Crippen LogP contribution in [0.15, 0.2) is 30.5 Å². The van der Waals surface area contributed by atoms with Crippen LogP contribution in [-0.2, 0) is 4.79 Å². The largest absolute Gasteiger partial charge is 0.435 e. The average Bonchev–Trinajstić information content (AvgIpc) is 3.22. The van der Waals surface area contributed by atoms with Crippen LogP contribution in [-0.4, -0.2) is 22.3 Å². The summed E-state index contributed by atoms with van der Waals surface area (Å²) in [6.45, 7) is -2.87. The van der Waals surface area contributed by atoms with E-state index in [2.05, 4.69) is 15.2 Å². The van der Waals surface area contributed by atoms with Gasteiger partial charge in [-0.2, -0.15) is 13.9 Å². The van der Waals surface area contributed by atoms with Crippen LogP contribution in [0.4, 0.5) is 14.6 Å². The zero-order valence-corrected chi connectivity index (χ0v) is 13.6. The maximum Gasteiger partial charge on any atom is 0.387 e. The van der Waals surface area contributed by atoms with Crippen molar-refractivity contribution in [3.8, 4) is 5.75 Å². The quantitative estimate of drug-likeness (QED) is 0.907. The third-order valence-electron chi connectivity index (χ3n) is 5.00. The molecule has 1 saturated carbocycles. The highest BCUT2D eigenvalue weighted by molar-refractivity contribution is 5.94. The molecule has 2 aliphatic rings. The second-order valence-electron chi connectivity index (χ2n) is 6.59. The lowest BCUT2D eigenvalue weighted by Crippen LogP contribution is -2.25. The van der Waals surface area contributed by atoms with Crippen molar-refractivity contribution in [1.29, 1.82) is 0 Å². The Morgan fingerprint density at radius 3 is 2.84 bits per heavy atom. The van der Waals surface area contributed by atoms with Crippen molar-refractivity contribution in [2.45, 2.75) is 50.7 Å². The second kappa shape index (κ2) is 6.46. The maximum atomic E-state index is 12.5. The van der Waals surface area contributed by atoms with Crippen LogP contribution in [0, 0.1) is 0 Å². The van der Waals surface area contributed by atoms with E-state index in [9.17, 15) is 13.6 Å². The number of benzene rings is 1. The highest BCUT2D eigenvalue weighted by Gasteiger charge is 2.32. The van der Waals surface area contributed by atoms with Gasteiger partial charge in [0.2, 0.25) is 5.91 Å². The van der Waals surface area contributed by atoms with Crippen LogP contribution in [0.5, 0.6) is 5.75 Å². The first-order valence-corrected chi connectivity index (χ1v) is 8.54. The molecular formula is C18H19F2N3O2. The minimum Gasteiger partial charge on any atom is -0.435 e. The Hall–Kier alpha value is -2.44. The highest BCUT2D eigenvalue weighted by Crippen LogP contribution is 2.41. The number of halogens is 2. The van der Waals surface area contributed by atoms with Gasteiger partial charge in [-0.25, -0.2) is 4.68 Å². The van der Waals surface area contributed by atoms with Gasteiger partial charge >= 0.3 is 6.61 Å². The molecule has 5 nitrogen and oxygen atoms in total. The first kappa shape index (κ1) is 16.1. The standard InChI is InChI=1S/C18H19F2N3O2/c19-18(20)25-13-7-3-4-11(8-13)14-9-16(24)22-17-15(14)10-21-23(17)12-5-1-2-6-12/h3-4,7-8,10,12,14,18H,1-2,5-6,9H2,(H,22,24). The van der Waals surface area contributed by atoms with E-state index in [4.69, 9.17) is 0 Å². The number of fused-ring (bicyclic) bond motifs is 1. The number of alkyl halides is 2. The van der Waals surface area contributed by atoms with Crippen molar-refractivity contribution >= 4 is 11.7 Å². The van der Waals surface area contributed by atoms with Crippen LogP contribution >= 0.6 is 0 Å². The summed E-state index contributed by atoms with van der Waals surface area (Å²) in [6, 6.07) is 6.88. The zero-order valence-electron chi connectivity index (χ0n) is 13.6. The average molecular weight is 347 g/mol. The number of anilines is 1. The summed E-state index contributed by atoms with van der Waals surface area (Å²) in [5.74, 6) is 0.550. The minimum atomic E-state index is -2.87. The molecule has 25 heavy (non-hydrogen) atoms. The van der Waals surface area contributed by atoms with Gasteiger partial charge < -0.3 is 10.1 Å². The number of ether oxygens (including phenoxy) is 1. The molecule has 1 aliphatic carbocycles. The van der Waals surface area contributed by atoms with E-state index in [1.54, 1.807) is 18.3 Å². The fourth-order valence-electron chi connectivity index (χ4n) is 3.87. The molecule has 1 unspecified atom stereocenters. The van der Waals surface area contributed by atoms with E-state index < -0.39 is 6.61 Å². The summed E-state index contributed by atoms with van der Waals surface area (Å²) in [5, 5.41) is 7.45. The van der Waals surface area contributed by atoms with Gasteiger partial charge in [-0.05, 0) is 30.5 Å². The van der Waals surface area contributed by atoms with E-state index in [1.165, 1.54) is 18.9 Å². The number of nitrogens with zero attached hydrogens (tertiary/aromatic N) is 2. The number of nitrogens with one attached hydrogen (secondary N) is 1. The molecule has 2 heterocycles. The Morgan fingerprint density at radius 2 is 2.08 bits per heavy atom. The predicted molar refractivity (Wildman–Crippen MR) is 87.9 cm³/mol. The number of hydrogen-bond donors (Lipinski definition) is 1. The van der Waals surface area contributed by atoms with E-state index in [-0.39, 0.29) is 24.0 Å². The Kier molecular flexibility index (Phi) is 4.15. The molecule has 1 aromatic carbocycles. The van der Waals surface area contributed by atoms with Gasteiger partial charge in [0.05, 0.1) is 12.2 Å². The number of rotatable bonds is 4. The van der Waals surface area contributed by atoms with Gasteiger partial charge in [0.15, 0.2) is 0 Å². The van der Waals surface area contributed by atoms with Crippen molar-refractivity contribution < 1.29 is 18.3 Å². The summed E-state index contributed by atoms with van der Waals surface area (Å²) in [5.41, 5.74) is 1.71. The highest BCUT2D eigenvalue weighted by atomic mass is 19.3. The Labute approximate surface area is 144 Å². The lowest BCUT2D eigenvalue weighted by Gasteiger charge is -2.25. The molecule has 0 saturated heterocycles. The molecule has 7 heteroatoms. The number of aromatic nitrogens is 2. The Morgan fingerprint density at radius 1 is 1.28 bits per heavy atom. The smallest absolute Gasteiger partial charge is 0.387 e. The van der Waals surface area contributed by atoms with Crippen LogP contribution < -0.4 is 10.1 Å². The van der Waals surface area contributed by atoms with Gasteiger partial charge in [0.25, 0.3) is 0 Å². The number of carbonyl (C=O) groups excluding carboxylic acids is 1. The molecule has 1 atom stereocenters. The fourth-order valence-corrected chi connectivity index (χ4v) is 3.87. The predicted octanol–water partition coefficient (Wildman–Crippen LogP) is 4.07. The lowest BCUT2D eigenvalue weighted by atomic mass is 9.87. The van der Waals surface area contributed by atoms with Gasteiger partial charge in [-0.1, -0.05) is 25.0 Å². The van der Waals surface area contributed by atoms with Gasteiger partial charge in [0, 0.05) is 17.9 Å². The van der Waals surface area contributed by atoms with Gasteiger partial charge in [-0.15, -0.1) is 0 Å². The van der Waals surface area contributed by atoms with E-state index >= 15 is 0 Å². The normalized spacial score (nSPS) is 20.6. The monoisotopic (exact) mass is 347 g/mol. The Balaban J connectivity index is 1.69. The van der Waals surface area contributed by atoms with Crippen LogP contribution in [0.3, 0.4) is 0 Å². The molecule has 1 N–H and O–H groups in total. The molecule has 1 amide bonds. The van der Waals surface area contributed by atoms with Crippen molar-refractivity contribution in [3.05, 3.63) is 41.6 Å². The molecule has 4 rings (SSSR count). The fraction of sp³-hybridized carbons (Fsp3) is 0.444. The lowest BCUT2D eigenvalue weighted by molar-refractivity contribution is -0.116.